The van der Waals surface area contributed by atoms with Crippen molar-refractivity contribution in [1.82, 2.24) is 14.7 Å². The lowest BCUT2D eigenvalue weighted by Crippen LogP contribution is -2.37. The highest BCUT2D eigenvalue weighted by Crippen LogP contribution is 2.32. The minimum atomic E-state index is -0.351. The van der Waals surface area contributed by atoms with Gasteiger partial charge in [0.1, 0.15) is 11.2 Å². The summed E-state index contributed by atoms with van der Waals surface area (Å²) in [5.41, 5.74) is 0.245. The maximum atomic E-state index is 12.3. The highest BCUT2D eigenvalue weighted by Gasteiger charge is 2.29. The molecule has 0 aromatic carbocycles. The van der Waals surface area contributed by atoms with Gasteiger partial charge in [-0.1, -0.05) is 0 Å². The summed E-state index contributed by atoms with van der Waals surface area (Å²) >= 11 is 3.31. The average molecular weight is 336 g/mol. The van der Waals surface area contributed by atoms with Crippen LogP contribution < -0.4 is 10.9 Å². The molecule has 0 unspecified atom stereocenters. The van der Waals surface area contributed by atoms with E-state index in [4.69, 9.17) is 0 Å². The number of rotatable bonds is 3. The van der Waals surface area contributed by atoms with Crippen molar-refractivity contribution in [2.45, 2.75) is 25.8 Å². The largest absolute Gasteiger partial charge is 0.349 e. The Labute approximate surface area is 124 Å². The molecule has 2 aromatic rings. The van der Waals surface area contributed by atoms with E-state index < -0.39 is 0 Å². The number of carbonyl (C=O) groups is 1. The molecular weight excluding hydrogens is 322 g/mol. The van der Waals surface area contributed by atoms with E-state index in [1.54, 1.807) is 18.3 Å². The lowest BCUT2D eigenvalue weighted by Gasteiger charge is -2.12. The van der Waals surface area contributed by atoms with Crippen molar-refractivity contribution in [3.05, 3.63) is 44.9 Å². The van der Waals surface area contributed by atoms with Crippen LogP contribution in [0.15, 0.2) is 33.8 Å². The van der Waals surface area contributed by atoms with Crippen molar-refractivity contribution >= 4 is 27.5 Å². The van der Waals surface area contributed by atoms with Crippen LogP contribution in [0.5, 0.6) is 0 Å². The molecule has 20 heavy (non-hydrogen) atoms. The van der Waals surface area contributed by atoms with E-state index in [0.717, 1.165) is 17.3 Å². The Morgan fingerprint density at radius 1 is 1.50 bits per heavy atom. The van der Waals surface area contributed by atoms with E-state index in [-0.39, 0.29) is 23.1 Å². The molecule has 0 saturated heterocycles. The first-order valence-corrected chi connectivity index (χ1v) is 7.33. The zero-order valence-electron chi connectivity index (χ0n) is 11.0. The second kappa shape index (κ2) is 5.01. The van der Waals surface area contributed by atoms with Gasteiger partial charge >= 0.3 is 0 Å². The number of halogens is 1. The number of hydrogen-bond donors (Lipinski definition) is 1. The van der Waals surface area contributed by atoms with Crippen molar-refractivity contribution in [1.29, 1.82) is 0 Å². The molecule has 1 aliphatic carbocycles. The topological polar surface area (TPSA) is 63.5 Å². The van der Waals surface area contributed by atoms with Crippen molar-refractivity contribution in [3.8, 4) is 0 Å². The Kier molecular flexibility index (Phi) is 3.33. The molecule has 5 nitrogen and oxygen atoms in total. The fraction of sp³-hybridized carbons (Fsp3) is 0.357. The summed E-state index contributed by atoms with van der Waals surface area (Å²) in [5.74, 6) is 0.195. The molecular formula is C14H14BrN3O2. The fourth-order valence-corrected chi connectivity index (χ4v) is 2.54. The third kappa shape index (κ3) is 2.47. The second-order valence-electron chi connectivity index (χ2n) is 5.15. The zero-order valence-corrected chi connectivity index (χ0v) is 12.6. The van der Waals surface area contributed by atoms with Crippen LogP contribution >= 0.6 is 15.9 Å². The van der Waals surface area contributed by atoms with E-state index in [2.05, 4.69) is 26.2 Å². The molecule has 1 N–H and O–H groups in total. The standard InChI is InChI=1S/C14H14BrN3O2/c1-8(9-2-3-9)17-13(19)11-6-16-12-5-4-10(15)7-18(12)14(11)20/h4-9H,2-3H2,1H3,(H,17,19)/t8-/m1/s1. The molecule has 6 heteroatoms. The summed E-state index contributed by atoms with van der Waals surface area (Å²) in [6.07, 6.45) is 5.25. The first kappa shape index (κ1) is 13.3. The number of amides is 1. The minimum absolute atomic E-state index is 0.0769. The van der Waals surface area contributed by atoms with Crippen LogP contribution in [-0.4, -0.2) is 21.3 Å². The average Bonchev–Trinajstić information content (AvgIpc) is 3.24. The summed E-state index contributed by atoms with van der Waals surface area (Å²) in [6.45, 7) is 1.97. The van der Waals surface area contributed by atoms with Crippen LogP contribution in [0.4, 0.5) is 0 Å². The van der Waals surface area contributed by atoms with Gasteiger partial charge in [-0.2, -0.15) is 0 Å². The smallest absolute Gasteiger partial charge is 0.270 e. The van der Waals surface area contributed by atoms with E-state index in [9.17, 15) is 9.59 Å². The Balaban J connectivity index is 1.96. The molecule has 0 radical (unpaired) electrons. The molecule has 1 amide bonds. The summed E-state index contributed by atoms with van der Waals surface area (Å²) in [7, 11) is 0. The van der Waals surface area contributed by atoms with Gasteiger partial charge in [0.25, 0.3) is 11.5 Å². The molecule has 0 spiro atoms. The van der Waals surface area contributed by atoms with Crippen molar-refractivity contribution in [2.75, 3.05) is 0 Å². The van der Waals surface area contributed by atoms with Crippen molar-refractivity contribution in [3.63, 3.8) is 0 Å². The second-order valence-corrected chi connectivity index (χ2v) is 6.07. The lowest BCUT2D eigenvalue weighted by atomic mass is 10.2. The fourth-order valence-electron chi connectivity index (χ4n) is 2.20. The number of nitrogens with zero attached hydrogens (tertiary/aromatic N) is 2. The molecule has 3 rings (SSSR count). The minimum Gasteiger partial charge on any atom is -0.349 e. The van der Waals surface area contributed by atoms with Gasteiger partial charge in [0.15, 0.2) is 0 Å². The molecule has 1 atom stereocenters. The van der Waals surface area contributed by atoms with Gasteiger partial charge < -0.3 is 5.32 Å². The van der Waals surface area contributed by atoms with Gasteiger partial charge in [0.2, 0.25) is 0 Å². The zero-order chi connectivity index (χ0) is 14.3. The first-order chi connectivity index (χ1) is 9.56. The van der Waals surface area contributed by atoms with E-state index in [1.807, 2.05) is 6.92 Å². The number of nitrogens with one attached hydrogen (secondary N) is 1. The van der Waals surface area contributed by atoms with Gasteiger partial charge in [-0.3, -0.25) is 14.0 Å². The summed E-state index contributed by atoms with van der Waals surface area (Å²) in [6, 6.07) is 3.63. The van der Waals surface area contributed by atoms with Crippen LogP contribution in [0.25, 0.3) is 5.65 Å². The Morgan fingerprint density at radius 3 is 2.95 bits per heavy atom. The SMILES string of the molecule is C[C@@H](NC(=O)c1cnc2ccc(Br)cn2c1=O)C1CC1. The molecule has 0 aliphatic heterocycles. The maximum Gasteiger partial charge on any atom is 0.270 e. The highest BCUT2D eigenvalue weighted by molar-refractivity contribution is 9.10. The third-order valence-corrected chi connectivity index (χ3v) is 4.07. The first-order valence-electron chi connectivity index (χ1n) is 6.54. The summed E-state index contributed by atoms with van der Waals surface area (Å²) < 4.78 is 2.14. The molecule has 1 saturated carbocycles. The van der Waals surface area contributed by atoms with Gasteiger partial charge in [-0.25, -0.2) is 4.98 Å². The van der Waals surface area contributed by atoms with Crippen LogP contribution in [0.1, 0.15) is 30.1 Å². The summed E-state index contributed by atoms with van der Waals surface area (Å²) in [5, 5.41) is 2.87. The van der Waals surface area contributed by atoms with Gasteiger partial charge in [0, 0.05) is 22.9 Å². The predicted molar refractivity (Wildman–Crippen MR) is 78.8 cm³/mol. The number of fused-ring (bicyclic) bond motifs is 1. The molecule has 1 fully saturated rings. The third-order valence-electron chi connectivity index (χ3n) is 3.60. The van der Waals surface area contributed by atoms with Crippen LogP contribution in [-0.2, 0) is 0 Å². The monoisotopic (exact) mass is 335 g/mol. The number of pyridine rings is 1. The van der Waals surface area contributed by atoms with E-state index in [0.29, 0.717) is 11.6 Å². The number of carbonyl (C=O) groups excluding carboxylic acids is 1. The molecule has 2 heterocycles. The molecule has 0 bridgehead atoms. The highest BCUT2D eigenvalue weighted by atomic mass is 79.9. The van der Waals surface area contributed by atoms with E-state index >= 15 is 0 Å². The quantitative estimate of drug-likeness (QED) is 0.932. The predicted octanol–water partition coefficient (Wildman–Crippen LogP) is 1.99. The van der Waals surface area contributed by atoms with Crippen LogP contribution in [0, 0.1) is 5.92 Å². The van der Waals surface area contributed by atoms with E-state index in [1.165, 1.54) is 10.6 Å². The van der Waals surface area contributed by atoms with Crippen molar-refractivity contribution < 1.29 is 4.79 Å². The summed E-state index contributed by atoms with van der Waals surface area (Å²) in [4.78, 5) is 28.6. The molecule has 104 valence electrons. The maximum absolute atomic E-state index is 12.3. The van der Waals surface area contributed by atoms with Crippen LogP contribution in [0.3, 0.4) is 0 Å². The Hall–Kier alpha value is -1.69. The van der Waals surface area contributed by atoms with Crippen LogP contribution in [0.2, 0.25) is 0 Å². The Morgan fingerprint density at radius 2 is 2.25 bits per heavy atom. The lowest BCUT2D eigenvalue weighted by molar-refractivity contribution is 0.0934. The van der Waals surface area contributed by atoms with Gasteiger partial charge in [0.05, 0.1) is 0 Å². The Bertz CT molecular complexity index is 737. The normalized spacial score (nSPS) is 16.1. The molecule has 1 aliphatic rings. The van der Waals surface area contributed by atoms with Gasteiger partial charge in [-0.05, 0) is 53.7 Å². The number of aromatic nitrogens is 2. The molecule has 2 aromatic heterocycles. The van der Waals surface area contributed by atoms with Crippen molar-refractivity contribution in [2.24, 2.45) is 5.92 Å². The number of hydrogen-bond acceptors (Lipinski definition) is 3. The van der Waals surface area contributed by atoms with Gasteiger partial charge in [-0.15, -0.1) is 0 Å².